The third-order valence-corrected chi connectivity index (χ3v) is 4.36. The summed E-state index contributed by atoms with van der Waals surface area (Å²) in [5, 5.41) is 6.04. The third-order valence-electron chi connectivity index (χ3n) is 4.36. The van der Waals surface area contributed by atoms with Crippen molar-refractivity contribution in [2.45, 2.75) is 51.2 Å². The van der Waals surface area contributed by atoms with Crippen LogP contribution >= 0.6 is 0 Å². The van der Waals surface area contributed by atoms with Crippen LogP contribution in [0.2, 0.25) is 0 Å². The minimum absolute atomic E-state index is 0.0257. The minimum atomic E-state index is -4.52. The van der Waals surface area contributed by atoms with Crippen LogP contribution in [0.3, 0.4) is 0 Å². The molecule has 0 radical (unpaired) electrons. The van der Waals surface area contributed by atoms with Gasteiger partial charge in [0.15, 0.2) is 5.69 Å². The van der Waals surface area contributed by atoms with Crippen molar-refractivity contribution in [2.24, 2.45) is 0 Å². The smallest absolute Gasteiger partial charge is 0.351 e. The van der Waals surface area contributed by atoms with E-state index in [0.29, 0.717) is 0 Å². The van der Waals surface area contributed by atoms with E-state index in [1.54, 1.807) is 6.07 Å². The summed E-state index contributed by atoms with van der Waals surface area (Å²) in [7, 11) is 0. The Balaban J connectivity index is 1.88. The van der Waals surface area contributed by atoms with Gasteiger partial charge in [0.1, 0.15) is 5.82 Å². The molecule has 1 aliphatic carbocycles. The van der Waals surface area contributed by atoms with Gasteiger partial charge in [-0.15, -0.1) is 0 Å². The van der Waals surface area contributed by atoms with Crippen molar-refractivity contribution in [3.05, 3.63) is 41.6 Å². The van der Waals surface area contributed by atoms with Gasteiger partial charge in [0, 0.05) is 17.8 Å². The molecule has 134 valence electrons. The molecule has 0 atom stereocenters. The van der Waals surface area contributed by atoms with Crippen LogP contribution in [0.25, 0.3) is 0 Å². The van der Waals surface area contributed by atoms with Crippen LogP contribution in [0.5, 0.6) is 0 Å². The van der Waals surface area contributed by atoms with E-state index in [-0.39, 0.29) is 17.8 Å². The normalized spacial score (nSPS) is 15.8. The minimum Gasteiger partial charge on any atom is -0.351 e. The zero-order chi connectivity index (χ0) is 17.9. The van der Waals surface area contributed by atoms with Crippen molar-refractivity contribution >= 4 is 17.5 Å². The molecule has 25 heavy (non-hydrogen) atoms. The van der Waals surface area contributed by atoms with Gasteiger partial charge in [-0.3, -0.25) is 0 Å². The largest absolute Gasteiger partial charge is 0.433 e. The lowest BCUT2D eigenvalue weighted by molar-refractivity contribution is -0.141. The summed E-state index contributed by atoms with van der Waals surface area (Å²) in [5.41, 5.74) is 0.700. The van der Waals surface area contributed by atoms with Crippen molar-refractivity contribution in [1.82, 2.24) is 9.97 Å². The molecule has 2 aromatic rings. The van der Waals surface area contributed by atoms with Gasteiger partial charge < -0.3 is 10.6 Å². The third kappa shape index (κ3) is 4.61. The fraction of sp³-hybridized carbons (Fsp3) is 0.444. The van der Waals surface area contributed by atoms with Crippen molar-refractivity contribution in [2.75, 3.05) is 10.6 Å². The lowest BCUT2D eigenvalue weighted by Gasteiger charge is -2.23. The average Bonchev–Trinajstić information content (AvgIpc) is 2.57. The Morgan fingerprint density at radius 3 is 2.44 bits per heavy atom. The molecule has 0 spiro atoms. The summed E-state index contributed by atoms with van der Waals surface area (Å²) in [4.78, 5) is 7.92. The maximum absolute atomic E-state index is 13.2. The second-order valence-corrected chi connectivity index (χ2v) is 6.38. The molecular weight excluding hydrogens is 329 g/mol. The number of benzene rings is 1. The Morgan fingerprint density at radius 1 is 1.04 bits per heavy atom. The number of nitrogens with one attached hydrogen (secondary N) is 2. The van der Waals surface area contributed by atoms with Gasteiger partial charge in [0.25, 0.3) is 0 Å². The predicted octanol–water partition coefficient (Wildman–Crippen LogP) is 5.29. The average molecular weight is 350 g/mol. The van der Waals surface area contributed by atoms with E-state index < -0.39 is 11.9 Å². The first kappa shape index (κ1) is 17.5. The number of hydrogen-bond acceptors (Lipinski definition) is 4. The summed E-state index contributed by atoms with van der Waals surface area (Å²) in [6.45, 7) is 1.88. The molecule has 0 unspecified atom stereocenters. The number of nitrogens with zero attached hydrogens (tertiary/aromatic N) is 2. The summed E-state index contributed by atoms with van der Waals surface area (Å²) in [6, 6.07) is 8.45. The van der Waals surface area contributed by atoms with Crippen molar-refractivity contribution in [3.8, 4) is 0 Å². The Morgan fingerprint density at radius 2 is 1.76 bits per heavy atom. The molecule has 1 saturated carbocycles. The van der Waals surface area contributed by atoms with Gasteiger partial charge in [-0.1, -0.05) is 37.5 Å². The van der Waals surface area contributed by atoms with E-state index >= 15 is 0 Å². The number of aromatic nitrogens is 2. The summed E-state index contributed by atoms with van der Waals surface area (Å²) < 4.78 is 39.6. The van der Waals surface area contributed by atoms with E-state index in [4.69, 9.17) is 0 Å². The monoisotopic (exact) mass is 350 g/mol. The molecule has 1 heterocycles. The molecule has 0 saturated heterocycles. The Bertz CT molecular complexity index is 725. The highest BCUT2D eigenvalue weighted by Gasteiger charge is 2.34. The van der Waals surface area contributed by atoms with Crippen LogP contribution in [0.15, 0.2) is 30.3 Å². The Labute approximate surface area is 144 Å². The van der Waals surface area contributed by atoms with Gasteiger partial charge in [0.2, 0.25) is 5.95 Å². The molecule has 1 fully saturated rings. The summed E-state index contributed by atoms with van der Waals surface area (Å²) in [6.07, 6.45) is 0.659. The topological polar surface area (TPSA) is 49.8 Å². The van der Waals surface area contributed by atoms with Gasteiger partial charge in [-0.25, -0.2) is 4.98 Å². The molecule has 1 aromatic heterocycles. The van der Waals surface area contributed by atoms with Gasteiger partial charge in [-0.05, 0) is 31.4 Å². The van der Waals surface area contributed by atoms with Crippen LogP contribution in [0.4, 0.5) is 30.6 Å². The SMILES string of the molecule is Cc1ccccc1Nc1cc(C(F)(F)F)nc(NC2CCCCC2)n1. The molecule has 1 aliphatic rings. The Kier molecular flexibility index (Phi) is 5.11. The second kappa shape index (κ2) is 7.29. The molecule has 0 aliphatic heterocycles. The zero-order valence-corrected chi connectivity index (χ0v) is 14.0. The first-order valence-corrected chi connectivity index (χ1v) is 8.47. The molecule has 2 N–H and O–H groups in total. The van der Waals surface area contributed by atoms with E-state index in [0.717, 1.165) is 43.0 Å². The highest BCUT2D eigenvalue weighted by molar-refractivity contribution is 5.61. The van der Waals surface area contributed by atoms with Crippen molar-refractivity contribution < 1.29 is 13.2 Å². The number of para-hydroxylation sites is 1. The molecule has 0 bridgehead atoms. The molecule has 1 aromatic carbocycles. The lowest BCUT2D eigenvalue weighted by atomic mass is 9.96. The number of alkyl halides is 3. The Hall–Kier alpha value is -2.31. The van der Waals surface area contributed by atoms with E-state index in [1.807, 2.05) is 25.1 Å². The molecule has 0 amide bonds. The number of halogens is 3. The predicted molar refractivity (Wildman–Crippen MR) is 92.0 cm³/mol. The summed E-state index contributed by atoms with van der Waals surface area (Å²) >= 11 is 0. The van der Waals surface area contributed by atoms with Gasteiger partial charge in [0.05, 0.1) is 0 Å². The highest BCUT2D eigenvalue weighted by Crippen LogP contribution is 2.31. The fourth-order valence-electron chi connectivity index (χ4n) is 3.00. The maximum atomic E-state index is 13.2. The van der Waals surface area contributed by atoms with Crippen molar-refractivity contribution in [3.63, 3.8) is 0 Å². The fourth-order valence-corrected chi connectivity index (χ4v) is 3.00. The molecule has 3 rings (SSSR count). The second-order valence-electron chi connectivity index (χ2n) is 6.38. The van der Waals surface area contributed by atoms with Crippen LogP contribution in [0.1, 0.15) is 43.4 Å². The lowest BCUT2D eigenvalue weighted by Crippen LogP contribution is -2.24. The highest BCUT2D eigenvalue weighted by atomic mass is 19.4. The number of anilines is 3. The van der Waals surface area contributed by atoms with Gasteiger partial charge in [-0.2, -0.15) is 18.2 Å². The van der Waals surface area contributed by atoms with Crippen LogP contribution in [-0.4, -0.2) is 16.0 Å². The standard InChI is InChI=1S/C18H21F3N4/c1-12-7-5-6-10-14(12)23-16-11-15(18(19,20)21)24-17(25-16)22-13-8-3-2-4-9-13/h5-7,10-11,13H,2-4,8-9H2,1H3,(H2,22,23,24,25). The zero-order valence-electron chi connectivity index (χ0n) is 14.0. The van der Waals surface area contributed by atoms with E-state index in [1.165, 1.54) is 6.42 Å². The van der Waals surface area contributed by atoms with E-state index in [9.17, 15) is 13.2 Å². The number of aryl methyl sites for hydroxylation is 1. The maximum Gasteiger partial charge on any atom is 0.433 e. The first-order chi connectivity index (χ1) is 11.9. The molecule has 4 nitrogen and oxygen atoms in total. The van der Waals surface area contributed by atoms with Crippen LogP contribution < -0.4 is 10.6 Å². The first-order valence-electron chi connectivity index (χ1n) is 8.47. The van der Waals surface area contributed by atoms with E-state index in [2.05, 4.69) is 20.6 Å². The summed E-state index contributed by atoms with van der Waals surface area (Å²) in [5.74, 6) is 0.160. The van der Waals surface area contributed by atoms with Gasteiger partial charge >= 0.3 is 6.18 Å². The van der Waals surface area contributed by atoms with Crippen LogP contribution in [-0.2, 0) is 6.18 Å². The molecular formula is C18H21F3N4. The molecule has 7 heteroatoms. The number of hydrogen-bond donors (Lipinski definition) is 2. The van der Waals surface area contributed by atoms with Crippen LogP contribution in [0, 0.1) is 6.92 Å². The quantitative estimate of drug-likeness (QED) is 0.786. The number of rotatable bonds is 4. The van der Waals surface area contributed by atoms with Crippen molar-refractivity contribution in [1.29, 1.82) is 0 Å².